The quantitative estimate of drug-likeness (QED) is 0.895. The molecular formula is C16H23NOS. The summed E-state index contributed by atoms with van der Waals surface area (Å²) in [6.07, 6.45) is 5.38. The van der Waals surface area contributed by atoms with E-state index in [-0.39, 0.29) is 12.1 Å². The molecule has 2 unspecified atom stereocenters. The van der Waals surface area contributed by atoms with Crippen LogP contribution in [-0.2, 0) is 0 Å². The van der Waals surface area contributed by atoms with E-state index in [1.165, 1.54) is 30.6 Å². The normalized spacial score (nSPS) is 32.2. The Bertz CT molecular complexity index is 429. The number of thioether (sulfide) groups is 1. The molecule has 0 saturated heterocycles. The van der Waals surface area contributed by atoms with Crippen LogP contribution in [0.5, 0.6) is 5.75 Å². The number of ether oxygens (including phenoxy) is 1. The van der Waals surface area contributed by atoms with Crippen molar-refractivity contribution in [2.45, 2.75) is 49.6 Å². The highest BCUT2D eigenvalue weighted by Crippen LogP contribution is 2.38. The Hall–Kier alpha value is -0.670. The molecule has 1 heterocycles. The fraction of sp³-hybridized carbons (Fsp3) is 0.625. The SMILES string of the molecule is CC1CCC(C(N)C2CSc3ccccc3O2)CC1. The molecule has 0 aromatic heterocycles. The van der Waals surface area contributed by atoms with Crippen LogP contribution in [0.15, 0.2) is 29.2 Å². The molecule has 1 fully saturated rings. The topological polar surface area (TPSA) is 35.2 Å². The minimum Gasteiger partial charge on any atom is -0.487 e. The monoisotopic (exact) mass is 277 g/mol. The van der Waals surface area contributed by atoms with Crippen molar-refractivity contribution in [3.8, 4) is 5.75 Å². The van der Waals surface area contributed by atoms with Crippen LogP contribution >= 0.6 is 11.8 Å². The van der Waals surface area contributed by atoms with Gasteiger partial charge in [-0.15, -0.1) is 11.8 Å². The molecule has 2 N–H and O–H groups in total. The molecule has 3 heteroatoms. The second-order valence-electron chi connectivity index (χ2n) is 6.01. The summed E-state index contributed by atoms with van der Waals surface area (Å²) in [6, 6.07) is 8.48. The van der Waals surface area contributed by atoms with Gasteiger partial charge in [0.2, 0.25) is 0 Å². The number of fused-ring (bicyclic) bond motifs is 1. The number of hydrogen-bond acceptors (Lipinski definition) is 3. The molecule has 0 radical (unpaired) electrons. The van der Waals surface area contributed by atoms with Gasteiger partial charge in [-0.2, -0.15) is 0 Å². The summed E-state index contributed by atoms with van der Waals surface area (Å²) < 4.78 is 6.13. The Morgan fingerprint density at radius 1 is 1.21 bits per heavy atom. The molecule has 1 aliphatic carbocycles. The molecule has 2 aliphatic rings. The van der Waals surface area contributed by atoms with Crippen molar-refractivity contribution in [2.24, 2.45) is 17.6 Å². The lowest BCUT2D eigenvalue weighted by Gasteiger charge is -2.37. The van der Waals surface area contributed by atoms with E-state index in [0.717, 1.165) is 17.4 Å². The average molecular weight is 277 g/mol. The molecule has 1 aromatic carbocycles. The molecule has 1 aliphatic heterocycles. The molecule has 0 bridgehead atoms. The van der Waals surface area contributed by atoms with Crippen LogP contribution in [0.2, 0.25) is 0 Å². The van der Waals surface area contributed by atoms with E-state index in [1.807, 2.05) is 17.8 Å². The summed E-state index contributed by atoms with van der Waals surface area (Å²) in [4.78, 5) is 1.25. The molecule has 3 rings (SSSR count). The fourth-order valence-corrected chi connectivity index (χ4v) is 4.27. The second-order valence-corrected chi connectivity index (χ2v) is 7.07. The van der Waals surface area contributed by atoms with E-state index in [2.05, 4.69) is 25.1 Å². The lowest BCUT2D eigenvalue weighted by Crippen LogP contribution is -2.47. The fourth-order valence-electron chi connectivity index (χ4n) is 3.20. The molecule has 104 valence electrons. The predicted molar refractivity (Wildman–Crippen MR) is 80.7 cm³/mol. The smallest absolute Gasteiger partial charge is 0.133 e. The van der Waals surface area contributed by atoms with Gasteiger partial charge < -0.3 is 10.5 Å². The van der Waals surface area contributed by atoms with Crippen LogP contribution in [0.1, 0.15) is 32.6 Å². The molecule has 2 atom stereocenters. The minimum atomic E-state index is 0.179. The van der Waals surface area contributed by atoms with E-state index < -0.39 is 0 Å². The molecule has 0 spiro atoms. The first-order chi connectivity index (χ1) is 9.24. The maximum absolute atomic E-state index is 6.49. The van der Waals surface area contributed by atoms with Gasteiger partial charge in [-0.1, -0.05) is 31.9 Å². The van der Waals surface area contributed by atoms with Gasteiger partial charge in [0.15, 0.2) is 0 Å². The number of benzene rings is 1. The van der Waals surface area contributed by atoms with E-state index in [1.54, 1.807) is 0 Å². The molecule has 19 heavy (non-hydrogen) atoms. The Morgan fingerprint density at radius 2 is 1.95 bits per heavy atom. The third kappa shape index (κ3) is 2.92. The van der Waals surface area contributed by atoms with E-state index in [9.17, 15) is 0 Å². The molecule has 0 amide bonds. The van der Waals surface area contributed by atoms with E-state index in [0.29, 0.717) is 5.92 Å². The van der Waals surface area contributed by atoms with Crippen LogP contribution in [0.25, 0.3) is 0 Å². The standard InChI is InChI=1S/C16H23NOS/c1-11-6-8-12(9-7-11)16(17)14-10-19-15-5-3-2-4-13(15)18-14/h2-5,11-12,14,16H,6-10,17H2,1H3. The summed E-state index contributed by atoms with van der Waals surface area (Å²) in [6.45, 7) is 2.35. The summed E-state index contributed by atoms with van der Waals surface area (Å²) >= 11 is 1.88. The lowest BCUT2D eigenvalue weighted by molar-refractivity contribution is 0.129. The molecule has 2 nitrogen and oxygen atoms in total. The Morgan fingerprint density at radius 3 is 2.74 bits per heavy atom. The Balaban J connectivity index is 1.64. The first-order valence-electron chi connectivity index (χ1n) is 7.38. The Labute approximate surface area is 120 Å². The average Bonchev–Trinajstić information content (AvgIpc) is 2.47. The number of rotatable bonds is 2. The van der Waals surface area contributed by atoms with Gasteiger partial charge in [-0.3, -0.25) is 0 Å². The van der Waals surface area contributed by atoms with Crippen molar-refractivity contribution in [3.05, 3.63) is 24.3 Å². The summed E-state index contributed by atoms with van der Waals surface area (Å²) in [5, 5.41) is 0. The zero-order valence-corrected chi connectivity index (χ0v) is 12.4. The van der Waals surface area contributed by atoms with Gasteiger partial charge in [-0.25, -0.2) is 0 Å². The highest BCUT2D eigenvalue weighted by atomic mass is 32.2. The number of hydrogen-bond donors (Lipinski definition) is 1. The van der Waals surface area contributed by atoms with Gasteiger partial charge in [0.05, 0.1) is 0 Å². The highest BCUT2D eigenvalue weighted by Gasteiger charge is 2.32. The third-order valence-corrected chi connectivity index (χ3v) is 5.71. The van der Waals surface area contributed by atoms with Crippen LogP contribution in [0.3, 0.4) is 0 Å². The first kappa shape index (κ1) is 13.3. The lowest BCUT2D eigenvalue weighted by atomic mass is 9.78. The summed E-state index contributed by atoms with van der Waals surface area (Å²) in [7, 11) is 0. The summed E-state index contributed by atoms with van der Waals surface area (Å²) in [5.41, 5.74) is 6.49. The van der Waals surface area contributed by atoms with Gasteiger partial charge in [-0.05, 0) is 36.8 Å². The maximum atomic E-state index is 6.49. The molecule has 1 aromatic rings. The van der Waals surface area contributed by atoms with Crippen molar-refractivity contribution >= 4 is 11.8 Å². The van der Waals surface area contributed by atoms with Crippen LogP contribution in [0, 0.1) is 11.8 Å². The number of para-hydroxylation sites is 1. The number of nitrogens with two attached hydrogens (primary N) is 1. The third-order valence-electron chi connectivity index (χ3n) is 4.56. The largest absolute Gasteiger partial charge is 0.487 e. The maximum Gasteiger partial charge on any atom is 0.133 e. The highest BCUT2D eigenvalue weighted by molar-refractivity contribution is 7.99. The van der Waals surface area contributed by atoms with Crippen LogP contribution in [0.4, 0.5) is 0 Å². The predicted octanol–water partition coefficient (Wildman–Crippen LogP) is 3.69. The van der Waals surface area contributed by atoms with Crippen molar-refractivity contribution in [1.82, 2.24) is 0 Å². The van der Waals surface area contributed by atoms with E-state index >= 15 is 0 Å². The zero-order valence-electron chi connectivity index (χ0n) is 11.5. The first-order valence-corrected chi connectivity index (χ1v) is 8.36. The van der Waals surface area contributed by atoms with Gasteiger partial charge in [0.25, 0.3) is 0 Å². The van der Waals surface area contributed by atoms with Crippen LogP contribution < -0.4 is 10.5 Å². The van der Waals surface area contributed by atoms with Gasteiger partial charge >= 0.3 is 0 Å². The van der Waals surface area contributed by atoms with Gasteiger partial charge in [0, 0.05) is 16.7 Å². The molecular weight excluding hydrogens is 254 g/mol. The van der Waals surface area contributed by atoms with Gasteiger partial charge in [0.1, 0.15) is 11.9 Å². The summed E-state index contributed by atoms with van der Waals surface area (Å²) in [5.74, 6) is 3.53. The van der Waals surface area contributed by atoms with Crippen LogP contribution in [-0.4, -0.2) is 17.9 Å². The van der Waals surface area contributed by atoms with Crippen molar-refractivity contribution in [3.63, 3.8) is 0 Å². The van der Waals surface area contributed by atoms with Crippen molar-refractivity contribution in [1.29, 1.82) is 0 Å². The zero-order chi connectivity index (χ0) is 13.2. The van der Waals surface area contributed by atoms with E-state index in [4.69, 9.17) is 10.5 Å². The van der Waals surface area contributed by atoms with Crippen molar-refractivity contribution in [2.75, 3.05) is 5.75 Å². The minimum absolute atomic E-state index is 0.179. The Kier molecular flexibility index (Phi) is 4.04. The molecule has 1 saturated carbocycles. The second kappa shape index (κ2) is 5.76. The van der Waals surface area contributed by atoms with Crippen molar-refractivity contribution < 1.29 is 4.74 Å².